The summed E-state index contributed by atoms with van der Waals surface area (Å²) < 4.78 is 19.9. The van der Waals surface area contributed by atoms with Gasteiger partial charge in [-0.05, 0) is 12.1 Å². The van der Waals surface area contributed by atoms with E-state index in [4.69, 9.17) is 19.9 Å². The normalized spacial score (nSPS) is 10.1. The second-order valence-corrected chi connectivity index (χ2v) is 3.41. The van der Waals surface area contributed by atoms with Crippen molar-refractivity contribution >= 4 is 11.7 Å². The number of hydrogen-bond acceptors (Lipinski definition) is 6. The van der Waals surface area contributed by atoms with Gasteiger partial charge in [-0.15, -0.1) is 0 Å². The van der Waals surface area contributed by atoms with Gasteiger partial charge in [-0.3, -0.25) is 0 Å². The minimum atomic E-state index is -0.484. The molecule has 0 spiro atoms. The van der Waals surface area contributed by atoms with Gasteiger partial charge in [0.15, 0.2) is 6.79 Å². The van der Waals surface area contributed by atoms with Crippen molar-refractivity contribution in [3.63, 3.8) is 0 Å². The predicted octanol–water partition coefficient (Wildman–Crippen LogP) is 1.05. The fraction of sp³-hybridized carbons (Fsp3) is 0.417. The lowest BCUT2D eigenvalue weighted by molar-refractivity contribution is -0.00903. The predicted molar refractivity (Wildman–Crippen MR) is 65.5 cm³/mol. The maximum absolute atomic E-state index is 11.5. The van der Waals surface area contributed by atoms with Gasteiger partial charge >= 0.3 is 5.97 Å². The van der Waals surface area contributed by atoms with Gasteiger partial charge < -0.3 is 24.7 Å². The number of esters is 1. The van der Waals surface area contributed by atoms with Gasteiger partial charge in [0.25, 0.3) is 0 Å². The van der Waals surface area contributed by atoms with Gasteiger partial charge in [-0.1, -0.05) is 0 Å². The molecular formula is C12H17NO5. The Morgan fingerprint density at radius 3 is 2.72 bits per heavy atom. The highest BCUT2D eigenvalue weighted by Gasteiger charge is 2.13. The first kappa shape index (κ1) is 14.3. The molecule has 100 valence electrons. The molecule has 18 heavy (non-hydrogen) atoms. The van der Waals surface area contributed by atoms with E-state index in [9.17, 15) is 4.79 Å². The molecule has 1 aromatic carbocycles. The van der Waals surface area contributed by atoms with Crippen LogP contribution >= 0.6 is 0 Å². The number of carbonyl (C=O) groups excluding carboxylic acids is 1. The standard InChI is InChI=1S/C12H17NO5/c1-15-5-6-17-8-18-11-7-9(13)3-4-10(11)12(14)16-2/h3-4,7H,5-6,8,13H2,1-2H3. The first-order valence-electron chi connectivity index (χ1n) is 5.36. The monoisotopic (exact) mass is 255 g/mol. The molecule has 0 bridgehead atoms. The Bertz CT molecular complexity index is 394. The van der Waals surface area contributed by atoms with Crippen LogP contribution in [0.2, 0.25) is 0 Å². The molecule has 0 aliphatic carbocycles. The highest BCUT2D eigenvalue weighted by Crippen LogP contribution is 2.22. The zero-order valence-corrected chi connectivity index (χ0v) is 10.5. The maximum atomic E-state index is 11.5. The van der Waals surface area contributed by atoms with Gasteiger partial charge in [-0.2, -0.15) is 0 Å². The van der Waals surface area contributed by atoms with Crippen LogP contribution in [0.3, 0.4) is 0 Å². The molecule has 1 rings (SSSR count). The second kappa shape index (κ2) is 7.52. The van der Waals surface area contributed by atoms with E-state index in [0.29, 0.717) is 30.2 Å². The average Bonchev–Trinajstić information content (AvgIpc) is 2.38. The van der Waals surface area contributed by atoms with Gasteiger partial charge in [0.1, 0.15) is 11.3 Å². The van der Waals surface area contributed by atoms with Crippen LogP contribution in [-0.2, 0) is 14.2 Å². The molecule has 0 saturated carbocycles. The Hall–Kier alpha value is -1.79. The van der Waals surface area contributed by atoms with Crippen molar-refractivity contribution in [2.75, 3.05) is 40.0 Å². The Labute approximate surface area is 106 Å². The van der Waals surface area contributed by atoms with Crippen molar-refractivity contribution in [2.45, 2.75) is 0 Å². The van der Waals surface area contributed by atoms with E-state index in [1.807, 2.05) is 0 Å². The van der Waals surface area contributed by atoms with Crippen molar-refractivity contribution in [2.24, 2.45) is 0 Å². The molecule has 0 aromatic heterocycles. The van der Waals surface area contributed by atoms with Gasteiger partial charge in [0, 0.05) is 18.9 Å². The summed E-state index contributed by atoms with van der Waals surface area (Å²) in [6.07, 6.45) is 0. The molecule has 0 aliphatic rings. The van der Waals surface area contributed by atoms with Crippen LogP contribution in [0.15, 0.2) is 18.2 Å². The molecule has 0 amide bonds. The van der Waals surface area contributed by atoms with E-state index in [-0.39, 0.29) is 6.79 Å². The van der Waals surface area contributed by atoms with Gasteiger partial charge in [0.05, 0.1) is 20.3 Å². The number of methoxy groups -OCH3 is 2. The third kappa shape index (κ3) is 4.23. The third-order valence-corrected chi connectivity index (χ3v) is 2.14. The summed E-state index contributed by atoms with van der Waals surface area (Å²) in [7, 11) is 2.88. The molecule has 1 aromatic rings. The van der Waals surface area contributed by atoms with Crippen molar-refractivity contribution in [1.82, 2.24) is 0 Å². The van der Waals surface area contributed by atoms with E-state index in [2.05, 4.69) is 4.74 Å². The quantitative estimate of drug-likeness (QED) is 0.339. The molecule has 0 fully saturated rings. The lowest BCUT2D eigenvalue weighted by Gasteiger charge is -2.11. The number of nitrogen functional groups attached to an aromatic ring is 1. The van der Waals surface area contributed by atoms with Crippen LogP contribution in [0.1, 0.15) is 10.4 Å². The van der Waals surface area contributed by atoms with E-state index < -0.39 is 5.97 Å². The number of carbonyl (C=O) groups is 1. The van der Waals surface area contributed by atoms with E-state index >= 15 is 0 Å². The fourth-order valence-electron chi connectivity index (χ4n) is 1.24. The molecule has 0 saturated heterocycles. The summed E-state index contributed by atoms with van der Waals surface area (Å²) in [5, 5.41) is 0. The molecular weight excluding hydrogens is 238 g/mol. The number of hydrogen-bond donors (Lipinski definition) is 1. The van der Waals surface area contributed by atoms with E-state index in [1.54, 1.807) is 25.3 Å². The summed E-state index contributed by atoms with van der Waals surface area (Å²) >= 11 is 0. The van der Waals surface area contributed by atoms with E-state index in [0.717, 1.165) is 0 Å². The molecule has 0 unspecified atom stereocenters. The number of ether oxygens (including phenoxy) is 4. The van der Waals surface area contributed by atoms with Crippen LogP contribution in [-0.4, -0.2) is 40.2 Å². The minimum Gasteiger partial charge on any atom is -0.467 e. The molecule has 6 heteroatoms. The summed E-state index contributed by atoms with van der Waals surface area (Å²) in [6.45, 7) is 0.896. The zero-order valence-electron chi connectivity index (χ0n) is 10.5. The van der Waals surface area contributed by atoms with Crippen LogP contribution in [0.4, 0.5) is 5.69 Å². The highest BCUT2D eigenvalue weighted by molar-refractivity contribution is 5.93. The molecule has 2 N–H and O–H groups in total. The first-order valence-corrected chi connectivity index (χ1v) is 5.36. The fourth-order valence-corrected chi connectivity index (χ4v) is 1.24. The number of anilines is 1. The van der Waals surface area contributed by atoms with Crippen molar-refractivity contribution in [3.05, 3.63) is 23.8 Å². The van der Waals surface area contributed by atoms with Gasteiger partial charge in [0.2, 0.25) is 0 Å². The van der Waals surface area contributed by atoms with Crippen LogP contribution in [0, 0.1) is 0 Å². The Morgan fingerprint density at radius 2 is 2.06 bits per heavy atom. The molecule has 6 nitrogen and oxygen atoms in total. The summed E-state index contributed by atoms with van der Waals surface area (Å²) in [5.74, 6) is -0.152. The molecule has 0 radical (unpaired) electrons. The minimum absolute atomic E-state index is 0.0107. The van der Waals surface area contributed by atoms with Crippen LogP contribution in [0.25, 0.3) is 0 Å². The van der Waals surface area contributed by atoms with E-state index in [1.165, 1.54) is 7.11 Å². The Morgan fingerprint density at radius 1 is 1.28 bits per heavy atom. The summed E-state index contributed by atoms with van der Waals surface area (Å²) in [4.78, 5) is 11.5. The highest BCUT2D eigenvalue weighted by atomic mass is 16.7. The van der Waals surface area contributed by atoms with Crippen molar-refractivity contribution in [1.29, 1.82) is 0 Å². The maximum Gasteiger partial charge on any atom is 0.341 e. The number of benzene rings is 1. The van der Waals surface area contributed by atoms with Crippen molar-refractivity contribution < 1.29 is 23.7 Å². The summed E-state index contributed by atoms with van der Waals surface area (Å²) in [5.41, 5.74) is 6.43. The second-order valence-electron chi connectivity index (χ2n) is 3.41. The lowest BCUT2D eigenvalue weighted by Crippen LogP contribution is -2.11. The zero-order chi connectivity index (χ0) is 13.4. The number of nitrogens with two attached hydrogens (primary N) is 1. The SMILES string of the molecule is COCCOCOc1cc(N)ccc1C(=O)OC. The topological polar surface area (TPSA) is 80.0 Å². The Kier molecular flexibility index (Phi) is 5.96. The van der Waals surface area contributed by atoms with Gasteiger partial charge in [-0.25, -0.2) is 4.79 Å². The van der Waals surface area contributed by atoms with Crippen molar-refractivity contribution in [3.8, 4) is 5.75 Å². The number of rotatable bonds is 7. The lowest BCUT2D eigenvalue weighted by atomic mass is 10.2. The smallest absolute Gasteiger partial charge is 0.341 e. The third-order valence-electron chi connectivity index (χ3n) is 2.14. The average molecular weight is 255 g/mol. The van der Waals surface area contributed by atoms with Crippen LogP contribution in [0.5, 0.6) is 5.75 Å². The van der Waals surface area contributed by atoms with Crippen LogP contribution < -0.4 is 10.5 Å². The summed E-state index contributed by atoms with van der Waals surface area (Å²) in [6, 6.07) is 4.70. The Balaban J connectivity index is 2.62. The molecule has 0 aliphatic heterocycles. The molecule has 0 atom stereocenters. The first-order chi connectivity index (χ1) is 8.69. The molecule has 0 heterocycles. The largest absolute Gasteiger partial charge is 0.467 e.